The lowest BCUT2D eigenvalue weighted by atomic mass is 10.2. The summed E-state index contributed by atoms with van der Waals surface area (Å²) in [6.45, 7) is 3.57. The summed E-state index contributed by atoms with van der Waals surface area (Å²) in [5.41, 5.74) is 0.733. The van der Waals surface area contributed by atoms with E-state index in [1.807, 2.05) is 18.7 Å². The van der Waals surface area contributed by atoms with Crippen molar-refractivity contribution < 1.29 is 0 Å². The average molecular weight is 348 g/mol. The Labute approximate surface area is 127 Å². The van der Waals surface area contributed by atoms with E-state index in [0.29, 0.717) is 11.0 Å². The van der Waals surface area contributed by atoms with Crippen molar-refractivity contribution in [3.8, 4) is 0 Å². The van der Waals surface area contributed by atoms with Crippen LogP contribution in [0, 0.1) is 0 Å². The molecule has 1 aromatic rings. The highest BCUT2D eigenvalue weighted by Gasteiger charge is 2.07. The average Bonchev–Trinajstić information content (AvgIpc) is 2.41. The van der Waals surface area contributed by atoms with E-state index in [9.17, 15) is 4.79 Å². The molecule has 1 aromatic heterocycles. The molecule has 0 aromatic carbocycles. The molecule has 0 aliphatic carbocycles. The number of unbranched alkanes of at least 4 members (excludes halogenated alkanes) is 2. The summed E-state index contributed by atoms with van der Waals surface area (Å²) >= 11 is 5.24. The van der Waals surface area contributed by atoms with Crippen LogP contribution in [-0.4, -0.2) is 28.3 Å². The predicted molar refractivity (Wildman–Crippen MR) is 87.2 cm³/mol. The van der Waals surface area contributed by atoms with Gasteiger partial charge in [0.1, 0.15) is 4.47 Å². The Kier molecular flexibility index (Phi) is 8.21. The molecular formula is C13H22BrN3OS. The Bertz CT molecular complexity index is 436. The first-order valence-corrected chi connectivity index (χ1v) is 8.87. The van der Waals surface area contributed by atoms with E-state index >= 15 is 0 Å². The third-order valence-corrected chi connectivity index (χ3v) is 4.22. The molecule has 0 spiro atoms. The van der Waals surface area contributed by atoms with Gasteiger partial charge in [-0.15, -0.1) is 0 Å². The molecule has 1 heterocycles. The van der Waals surface area contributed by atoms with Gasteiger partial charge in [-0.1, -0.05) is 13.3 Å². The van der Waals surface area contributed by atoms with Crippen LogP contribution in [0.4, 0.5) is 5.69 Å². The van der Waals surface area contributed by atoms with Crippen LogP contribution in [0.25, 0.3) is 0 Å². The van der Waals surface area contributed by atoms with Crippen LogP contribution >= 0.6 is 27.7 Å². The fourth-order valence-corrected chi connectivity index (χ4v) is 2.67. The zero-order valence-electron chi connectivity index (χ0n) is 11.6. The minimum atomic E-state index is -0.0609. The molecule has 1 N–H and O–H groups in total. The Hall–Kier alpha value is -0.490. The number of aryl methyl sites for hydroxylation is 1. The molecular weight excluding hydrogens is 326 g/mol. The van der Waals surface area contributed by atoms with Crippen LogP contribution in [0.1, 0.15) is 32.6 Å². The second-order valence-corrected chi connectivity index (χ2v) is 6.16. The normalized spacial score (nSPS) is 10.7. The van der Waals surface area contributed by atoms with Gasteiger partial charge in [0.2, 0.25) is 0 Å². The maximum absolute atomic E-state index is 12.0. The van der Waals surface area contributed by atoms with Gasteiger partial charge in [-0.3, -0.25) is 4.79 Å². The highest BCUT2D eigenvalue weighted by molar-refractivity contribution is 9.10. The van der Waals surface area contributed by atoms with Crippen molar-refractivity contribution in [3.63, 3.8) is 0 Å². The van der Waals surface area contributed by atoms with E-state index in [0.717, 1.165) is 25.1 Å². The SMILES string of the molecule is CCCn1ncc(NCCCCCSC)c(Br)c1=O. The molecule has 0 aliphatic rings. The number of nitrogens with one attached hydrogen (secondary N) is 1. The van der Waals surface area contributed by atoms with Crippen LogP contribution in [0.2, 0.25) is 0 Å². The molecule has 1 rings (SSSR count). The zero-order chi connectivity index (χ0) is 14.1. The molecule has 0 radical (unpaired) electrons. The maximum atomic E-state index is 12.0. The second kappa shape index (κ2) is 9.42. The van der Waals surface area contributed by atoms with E-state index < -0.39 is 0 Å². The summed E-state index contributed by atoms with van der Waals surface area (Å²) in [6.07, 6.45) is 8.34. The number of hydrogen-bond acceptors (Lipinski definition) is 4. The fraction of sp³-hybridized carbons (Fsp3) is 0.692. The van der Waals surface area contributed by atoms with Crippen molar-refractivity contribution in [2.75, 3.05) is 23.9 Å². The summed E-state index contributed by atoms with van der Waals surface area (Å²) in [5, 5.41) is 7.44. The lowest BCUT2D eigenvalue weighted by molar-refractivity contribution is 0.565. The summed E-state index contributed by atoms with van der Waals surface area (Å²) in [5.74, 6) is 1.22. The second-order valence-electron chi connectivity index (χ2n) is 4.38. The first-order chi connectivity index (χ1) is 9.20. The van der Waals surface area contributed by atoms with Gasteiger partial charge in [-0.25, -0.2) is 4.68 Å². The highest BCUT2D eigenvalue weighted by atomic mass is 79.9. The van der Waals surface area contributed by atoms with Gasteiger partial charge < -0.3 is 5.32 Å². The van der Waals surface area contributed by atoms with Crippen LogP contribution in [0.15, 0.2) is 15.5 Å². The van der Waals surface area contributed by atoms with Crippen molar-refractivity contribution in [2.24, 2.45) is 0 Å². The number of anilines is 1. The smallest absolute Gasteiger partial charge is 0.283 e. The lowest BCUT2D eigenvalue weighted by Gasteiger charge is -2.09. The number of nitrogens with zero attached hydrogens (tertiary/aromatic N) is 2. The van der Waals surface area contributed by atoms with Gasteiger partial charge in [0.15, 0.2) is 0 Å². The minimum absolute atomic E-state index is 0.0609. The Morgan fingerprint density at radius 2 is 2.21 bits per heavy atom. The molecule has 0 unspecified atom stereocenters. The number of thioether (sulfide) groups is 1. The zero-order valence-corrected chi connectivity index (χ0v) is 14.0. The van der Waals surface area contributed by atoms with E-state index in [1.165, 1.54) is 23.3 Å². The van der Waals surface area contributed by atoms with E-state index in [1.54, 1.807) is 6.20 Å². The van der Waals surface area contributed by atoms with Gasteiger partial charge in [-0.2, -0.15) is 16.9 Å². The molecule has 108 valence electrons. The van der Waals surface area contributed by atoms with Crippen molar-refractivity contribution >= 4 is 33.4 Å². The molecule has 0 saturated carbocycles. The highest BCUT2D eigenvalue weighted by Crippen LogP contribution is 2.16. The first-order valence-electron chi connectivity index (χ1n) is 6.69. The third-order valence-electron chi connectivity index (χ3n) is 2.76. The Balaban J connectivity index is 2.46. The molecule has 0 bridgehead atoms. The van der Waals surface area contributed by atoms with Gasteiger partial charge in [0.05, 0.1) is 11.9 Å². The molecule has 19 heavy (non-hydrogen) atoms. The Morgan fingerprint density at radius 1 is 1.42 bits per heavy atom. The van der Waals surface area contributed by atoms with Crippen LogP contribution < -0.4 is 10.9 Å². The fourth-order valence-electron chi connectivity index (χ4n) is 1.73. The summed E-state index contributed by atoms with van der Waals surface area (Å²) in [6, 6.07) is 0. The van der Waals surface area contributed by atoms with Crippen molar-refractivity contribution in [1.82, 2.24) is 9.78 Å². The van der Waals surface area contributed by atoms with Crippen LogP contribution in [0.5, 0.6) is 0 Å². The van der Waals surface area contributed by atoms with E-state index in [-0.39, 0.29) is 5.56 Å². The molecule has 0 fully saturated rings. The predicted octanol–water partition coefficient (Wildman–Crippen LogP) is 3.36. The van der Waals surface area contributed by atoms with Crippen LogP contribution in [0.3, 0.4) is 0 Å². The van der Waals surface area contributed by atoms with E-state index in [2.05, 4.69) is 32.6 Å². The standard InChI is InChI=1S/C13H22BrN3OS/c1-3-8-17-13(18)12(14)11(10-16-17)15-7-5-4-6-9-19-2/h10,15H,3-9H2,1-2H3. The summed E-state index contributed by atoms with van der Waals surface area (Å²) < 4.78 is 2.08. The molecule has 0 amide bonds. The Morgan fingerprint density at radius 3 is 2.89 bits per heavy atom. The van der Waals surface area contributed by atoms with Gasteiger partial charge in [0, 0.05) is 13.1 Å². The minimum Gasteiger partial charge on any atom is -0.383 e. The van der Waals surface area contributed by atoms with Gasteiger partial charge in [-0.05, 0) is 47.2 Å². The number of rotatable bonds is 9. The third kappa shape index (κ3) is 5.57. The topological polar surface area (TPSA) is 46.9 Å². The van der Waals surface area contributed by atoms with Gasteiger partial charge >= 0.3 is 0 Å². The molecule has 0 saturated heterocycles. The quantitative estimate of drug-likeness (QED) is 0.695. The van der Waals surface area contributed by atoms with Gasteiger partial charge in [0.25, 0.3) is 5.56 Å². The summed E-state index contributed by atoms with van der Waals surface area (Å²) in [4.78, 5) is 12.0. The number of hydrogen-bond donors (Lipinski definition) is 1. The van der Waals surface area contributed by atoms with Crippen molar-refractivity contribution in [2.45, 2.75) is 39.2 Å². The molecule has 0 atom stereocenters. The van der Waals surface area contributed by atoms with Crippen LogP contribution in [-0.2, 0) is 6.54 Å². The molecule has 6 heteroatoms. The lowest BCUT2D eigenvalue weighted by Crippen LogP contribution is -2.24. The largest absolute Gasteiger partial charge is 0.383 e. The monoisotopic (exact) mass is 347 g/mol. The molecule has 0 aliphatic heterocycles. The van der Waals surface area contributed by atoms with Crippen molar-refractivity contribution in [3.05, 3.63) is 21.0 Å². The van der Waals surface area contributed by atoms with Crippen molar-refractivity contribution in [1.29, 1.82) is 0 Å². The summed E-state index contributed by atoms with van der Waals surface area (Å²) in [7, 11) is 0. The molecule has 4 nitrogen and oxygen atoms in total. The van der Waals surface area contributed by atoms with E-state index in [4.69, 9.17) is 0 Å². The number of halogens is 1. The maximum Gasteiger partial charge on any atom is 0.283 e. The number of aromatic nitrogens is 2. The first kappa shape index (κ1) is 16.6.